The van der Waals surface area contributed by atoms with E-state index in [0.29, 0.717) is 11.4 Å². The Kier molecular flexibility index (Phi) is 4.76. The zero-order chi connectivity index (χ0) is 20.6. The van der Waals surface area contributed by atoms with Crippen LogP contribution in [0.3, 0.4) is 0 Å². The summed E-state index contributed by atoms with van der Waals surface area (Å²) in [4.78, 5) is 24.5. The van der Waals surface area contributed by atoms with Gasteiger partial charge in [-0.25, -0.2) is 0 Å². The van der Waals surface area contributed by atoms with Gasteiger partial charge in [0.25, 0.3) is 0 Å². The highest BCUT2D eigenvalue weighted by molar-refractivity contribution is 5.97. The number of aryl methyl sites for hydroxylation is 1. The number of aliphatic carboxylic acids is 1. The van der Waals surface area contributed by atoms with Crippen LogP contribution in [-0.4, -0.2) is 28.7 Å². The van der Waals surface area contributed by atoms with Crippen LogP contribution in [0, 0.1) is 18.8 Å². The Labute approximate surface area is 168 Å². The first-order chi connectivity index (χ1) is 13.9. The van der Waals surface area contributed by atoms with Crippen molar-refractivity contribution in [2.75, 3.05) is 5.32 Å². The third kappa shape index (κ3) is 3.69. The van der Waals surface area contributed by atoms with Crippen molar-refractivity contribution in [3.63, 3.8) is 0 Å². The zero-order valence-corrected chi connectivity index (χ0v) is 16.1. The lowest BCUT2D eigenvalue weighted by atomic mass is 9.75. The van der Waals surface area contributed by atoms with Crippen LogP contribution in [0.4, 0.5) is 17.1 Å². The summed E-state index contributed by atoms with van der Waals surface area (Å²) < 4.78 is 5.73. The molecular formula is C22H21N3O4. The number of anilines is 1. The fraction of sp³-hybridized carbons (Fsp3) is 0.273. The normalized spacial score (nSPS) is 27.4. The van der Waals surface area contributed by atoms with Gasteiger partial charge in [-0.1, -0.05) is 29.8 Å². The Morgan fingerprint density at radius 3 is 2.21 bits per heavy atom. The first kappa shape index (κ1) is 19.0. The largest absolute Gasteiger partial charge is 0.481 e. The number of azo groups is 1. The summed E-state index contributed by atoms with van der Waals surface area (Å²) in [6, 6.07) is 14.6. The monoisotopic (exact) mass is 391 g/mol. The highest BCUT2D eigenvalue weighted by Crippen LogP contribution is 2.47. The maximum absolute atomic E-state index is 12.8. The van der Waals surface area contributed by atoms with Gasteiger partial charge in [-0.3, -0.25) is 9.59 Å². The van der Waals surface area contributed by atoms with Gasteiger partial charge in [0.05, 0.1) is 29.0 Å². The summed E-state index contributed by atoms with van der Waals surface area (Å²) in [6.45, 7) is 3.75. The van der Waals surface area contributed by atoms with Crippen molar-refractivity contribution in [2.24, 2.45) is 22.1 Å². The van der Waals surface area contributed by atoms with Crippen LogP contribution in [0.5, 0.6) is 0 Å². The quantitative estimate of drug-likeness (QED) is 0.583. The number of nitrogens with one attached hydrogen (secondary N) is 1. The van der Waals surface area contributed by atoms with E-state index in [1.807, 2.05) is 31.2 Å². The number of hydrogen-bond acceptors (Lipinski definition) is 5. The molecule has 2 aromatic rings. The number of carboxylic acid groups (broad SMARTS) is 1. The average Bonchev–Trinajstić information content (AvgIpc) is 3.22. The maximum Gasteiger partial charge on any atom is 0.310 e. The molecule has 1 fully saturated rings. The molecule has 4 rings (SSSR count). The lowest BCUT2D eigenvalue weighted by Crippen LogP contribution is -2.44. The summed E-state index contributed by atoms with van der Waals surface area (Å²) >= 11 is 0. The minimum Gasteiger partial charge on any atom is -0.481 e. The van der Waals surface area contributed by atoms with Crippen molar-refractivity contribution in [1.29, 1.82) is 0 Å². The summed E-state index contributed by atoms with van der Waals surface area (Å²) in [6.07, 6.45) is 2.92. The second-order valence-electron chi connectivity index (χ2n) is 7.54. The first-order valence-electron chi connectivity index (χ1n) is 9.35. The number of rotatable bonds is 5. The smallest absolute Gasteiger partial charge is 0.310 e. The lowest BCUT2D eigenvalue weighted by Gasteiger charge is -2.27. The minimum atomic E-state index is -1.03. The number of ether oxygens (including phenoxy) is 1. The molecule has 2 aromatic carbocycles. The van der Waals surface area contributed by atoms with Crippen LogP contribution in [0.1, 0.15) is 12.5 Å². The highest BCUT2D eigenvalue weighted by atomic mass is 16.5. The molecule has 7 heteroatoms. The summed E-state index contributed by atoms with van der Waals surface area (Å²) in [5, 5.41) is 20.7. The molecule has 2 bridgehead atoms. The molecule has 29 heavy (non-hydrogen) atoms. The van der Waals surface area contributed by atoms with Crippen molar-refractivity contribution in [3.8, 4) is 0 Å². The predicted octanol–water partition coefficient (Wildman–Crippen LogP) is 4.39. The topological polar surface area (TPSA) is 100 Å². The van der Waals surface area contributed by atoms with Crippen LogP contribution in [0.25, 0.3) is 0 Å². The van der Waals surface area contributed by atoms with Crippen molar-refractivity contribution < 1.29 is 19.4 Å². The van der Waals surface area contributed by atoms with Gasteiger partial charge in [-0.15, -0.1) is 0 Å². The second kappa shape index (κ2) is 7.25. The highest BCUT2D eigenvalue weighted by Gasteiger charge is 2.59. The molecule has 0 spiro atoms. The molecule has 0 aliphatic carbocycles. The van der Waals surface area contributed by atoms with Crippen LogP contribution in [-0.2, 0) is 14.3 Å². The van der Waals surface area contributed by atoms with E-state index in [-0.39, 0.29) is 5.91 Å². The maximum atomic E-state index is 12.8. The summed E-state index contributed by atoms with van der Waals surface area (Å²) in [5.41, 5.74) is 2.21. The van der Waals surface area contributed by atoms with Gasteiger partial charge in [-0.05, 0) is 50.2 Å². The summed E-state index contributed by atoms with van der Waals surface area (Å²) in [5.74, 6) is -3.10. The Morgan fingerprint density at radius 1 is 1.03 bits per heavy atom. The van der Waals surface area contributed by atoms with Gasteiger partial charge in [0.15, 0.2) is 0 Å². The van der Waals surface area contributed by atoms with Crippen molar-refractivity contribution >= 4 is 28.9 Å². The van der Waals surface area contributed by atoms with E-state index in [1.54, 1.807) is 43.3 Å². The molecule has 0 unspecified atom stereocenters. The van der Waals surface area contributed by atoms with Crippen LogP contribution >= 0.6 is 0 Å². The zero-order valence-electron chi connectivity index (χ0n) is 16.1. The molecule has 2 heterocycles. The van der Waals surface area contributed by atoms with E-state index in [4.69, 9.17) is 4.74 Å². The van der Waals surface area contributed by atoms with E-state index in [1.165, 1.54) is 0 Å². The SMILES string of the molecule is Cc1ccc(N=Nc2ccc(NC(=O)[C@@H]3[C@@H](C(=O)O)[C@H]4C=C[C@@]3(C)O4)cc2)cc1. The fourth-order valence-electron chi connectivity index (χ4n) is 3.84. The number of fused-ring (bicyclic) bond motifs is 2. The molecule has 1 amide bonds. The summed E-state index contributed by atoms with van der Waals surface area (Å²) in [7, 11) is 0. The first-order valence-corrected chi connectivity index (χ1v) is 9.35. The molecule has 2 N–H and O–H groups in total. The number of benzene rings is 2. The molecule has 0 aromatic heterocycles. The number of hydrogen-bond donors (Lipinski definition) is 2. The van der Waals surface area contributed by atoms with Gasteiger partial charge < -0.3 is 15.2 Å². The number of carbonyl (C=O) groups excluding carboxylic acids is 1. The van der Waals surface area contributed by atoms with E-state index >= 15 is 0 Å². The van der Waals surface area contributed by atoms with Crippen molar-refractivity contribution in [3.05, 3.63) is 66.2 Å². The molecule has 0 radical (unpaired) electrons. The molecule has 2 aliphatic heterocycles. The van der Waals surface area contributed by atoms with Gasteiger partial charge in [0.2, 0.25) is 5.91 Å². The molecule has 148 valence electrons. The molecule has 1 saturated heterocycles. The fourth-order valence-corrected chi connectivity index (χ4v) is 3.84. The predicted molar refractivity (Wildman–Crippen MR) is 107 cm³/mol. The van der Waals surface area contributed by atoms with E-state index < -0.39 is 29.5 Å². The standard InChI is InChI=1S/C22H21N3O4/c1-13-3-5-15(6-4-13)24-25-16-9-7-14(8-10-16)23-20(26)19-18(21(27)28)17-11-12-22(19,2)29-17/h3-12,17-19H,1-2H3,(H,23,26)(H,27,28)/t17-,18+,19+,22-/m1/s1. The third-order valence-electron chi connectivity index (χ3n) is 5.35. The number of carbonyl (C=O) groups is 2. The van der Waals surface area contributed by atoms with Gasteiger partial charge >= 0.3 is 5.97 Å². The average molecular weight is 391 g/mol. The van der Waals surface area contributed by atoms with Gasteiger partial charge in [0, 0.05) is 5.69 Å². The Bertz CT molecular complexity index is 998. The van der Waals surface area contributed by atoms with Crippen molar-refractivity contribution in [2.45, 2.75) is 25.6 Å². The van der Waals surface area contributed by atoms with E-state index in [9.17, 15) is 14.7 Å². The molecular weight excluding hydrogens is 370 g/mol. The Balaban J connectivity index is 1.45. The van der Waals surface area contributed by atoms with Crippen LogP contribution < -0.4 is 5.32 Å². The lowest BCUT2D eigenvalue weighted by molar-refractivity contribution is -0.146. The van der Waals surface area contributed by atoms with E-state index in [2.05, 4.69) is 15.5 Å². The molecule has 7 nitrogen and oxygen atoms in total. The second-order valence-corrected chi connectivity index (χ2v) is 7.54. The van der Waals surface area contributed by atoms with Crippen molar-refractivity contribution in [1.82, 2.24) is 0 Å². The van der Waals surface area contributed by atoms with Crippen LogP contribution in [0.2, 0.25) is 0 Å². The molecule has 0 saturated carbocycles. The van der Waals surface area contributed by atoms with E-state index in [0.717, 1.165) is 11.3 Å². The number of nitrogens with zero attached hydrogens (tertiary/aromatic N) is 2. The minimum absolute atomic E-state index is 0.374. The van der Waals surface area contributed by atoms with Crippen LogP contribution in [0.15, 0.2) is 70.9 Å². The Hall–Kier alpha value is -3.32. The number of carboxylic acids is 1. The van der Waals surface area contributed by atoms with Gasteiger partial charge in [-0.2, -0.15) is 10.2 Å². The number of amides is 1. The third-order valence-corrected chi connectivity index (χ3v) is 5.35. The molecule has 4 atom stereocenters. The van der Waals surface area contributed by atoms with Gasteiger partial charge in [0.1, 0.15) is 5.92 Å². The molecule has 2 aliphatic rings. The Morgan fingerprint density at radius 2 is 1.62 bits per heavy atom.